The van der Waals surface area contributed by atoms with Crippen LogP contribution in [0.25, 0.3) is 0 Å². The van der Waals surface area contributed by atoms with E-state index in [9.17, 15) is 0 Å². The Hall–Kier alpha value is -0.120. The predicted molar refractivity (Wildman–Crippen MR) is 85.0 cm³/mol. The summed E-state index contributed by atoms with van der Waals surface area (Å²) in [5, 5.41) is 3.49. The fourth-order valence-electron chi connectivity index (χ4n) is 4.30. The molecule has 2 saturated carbocycles. The van der Waals surface area contributed by atoms with Gasteiger partial charge in [-0.3, -0.25) is 0 Å². The van der Waals surface area contributed by atoms with Gasteiger partial charge in [-0.2, -0.15) is 0 Å². The molecule has 0 amide bonds. The molecule has 0 aromatic carbocycles. The van der Waals surface area contributed by atoms with Crippen LogP contribution < -0.4 is 5.32 Å². The fraction of sp³-hybridized carbons (Fsp3) is 1.00. The van der Waals surface area contributed by atoms with Gasteiger partial charge in [0.1, 0.15) is 0 Å². The van der Waals surface area contributed by atoms with E-state index in [1.807, 2.05) is 0 Å². The molecule has 3 atom stereocenters. The van der Waals surface area contributed by atoms with Crippen LogP contribution in [0.4, 0.5) is 0 Å². The van der Waals surface area contributed by atoms with Crippen molar-refractivity contribution in [3.05, 3.63) is 0 Å². The molecule has 0 aliphatic heterocycles. The second-order valence-corrected chi connectivity index (χ2v) is 7.88. The first-order valence-corrected chi connectivity index (χ1v) is 8.35. The van der Waals surface area contributed by atoms with Gasteiger partial charge in [-0.05, 0) is 69.6 Å². The number of ether oxygens (including phenoxy) is 1. The number of fused-ring (bicyclic) bond motifs is 2. The largest absolute Gasteiger partial charge is 0.376 e. The molecule has 1 N–H and O–H groups in total. The lowest BCUT2D eigenvalue weighted by molar-refractivity contribution is -0.0449. The van der Waals surface area contributed by atoms with Gasteiger partial charge in [0.15, 0.2) is 0 Å². The van der Waals surface area contributed by atoms with Gasteiger partial charge in [-0.1, -0.05) is 20.8 Å². The van der Waals surface area contributed by atoms with E-state index in [0.29, 0.717) is 16.9 Å². The molecule has 0 radical (unpaired) electrons. The van der Waals surface area contributed by atoms with E-state index in [-0.39, 0.29) is 0 Å². The van der Waals surface area contributed by atoms with Gasteiger partial charge in [0.25, 0.3) is 0 Å². The number of nitrogens with one attached hydrogen (secondary N) is 1. The minimum absolute atomic E-state index is 0.405. The van der Waals surface area contributed by atoms with Crippen LogP contribution in [-0.2, 0) is 4.74 Å². The van der Waals surface area contributed by atoms with Gasteiger partial charge in [-0.25, -0.2) is 0 Å². The molecule has 3 nitrogen and oxygen atoms in total. The van der Waals surface area contributed by atoms with E-state index >= 15 is 0 Å². The lowest BCUT2D eigenvalue weighted by atomic mass is 9.70. The Morgan fingerprint density at radius 1 is 1.20 bits per heavy atom. The van der Waals surface area contributed by atoms with Crippen molar-refractivity contribution in [2.24, 2.45) is 16.7 Å². The maximum Gasteiger partial charge on any atom is 0.0637 e. The third-order valence-electron chi connectivity index (χ3n) is 6.27. The van der Waals surface area contributed by atoms with Crippen LogP contribution in [0.15, 0.2) is 0 Å². The van der Waals surface area contributed by atoms with Crippen LogP contribution in [0, 0.1) is 16.7 Å². The molecule has 0 aromatic heterocycles. The summed E-state index contributed by atoms with van der Waals surface area (Å²) in [7, 11) is 4.25. The van der Waals surface area contributed by atoms with E-state index < -0.39 is 0 Å². The molecule has 2 rings (SSSR count). The average molecular weight is 282 g/mol. The summed E-state index contributed by atoms with van der Waals surface area (Å²) in [5.74, 6) is 0.880. The molecular weight excluding hydrogens is 248 g/mol. The first kappa shape index (κ1) is 16.3. The number of rotatable bonds is 8. The highest BCUT2D eigenvalue weighted by Crippen LogP contribution is 2.66. The molecule has 0 aromatic rings. The van der Waals surface area contributed by atoms with Crippen LogP contribution in [-0.4, -0.2) is 51.3 Å². The summed E-state index contributed by atoms with van der Waals surface area (Å²) in [4.78, 5) is 2.23. The third-order valence-corrected chi connectivity index (χ3v) is 6.27. The Kier molecular flexibility index (Phi) is 5.14. The molecule has 2 aliphatic carbocycles. The molecule has 0 heterocycles. The highest BCUT2D eigenvalue weighted by molar-refractivity contribution is 5.11. The van der Waals surface area contributed by atoms with E-state index in [2.05, 4.69) is 45.1 Å². The molecule has 20 heavy (non-hydrogen) atoms. The van der Waals surface area contributed by atoms with Gasteiger partial charge >= 0.3 is 0 Å². The maximum absolute atomic E-state index is 6.23. The van der Waals surface area contributed by atoms with Crippen molar-refractivity contribution < 1.29 is 4.74 Å². The minimum atomic E-state index is 0.405. The Morgan fingerprint density at radius 3 is 2.50 bits per heavy atom. The summed E-state index contributed by atoms with van der Waals surface area (Å²) in [5.41, 5.74) is 0.874. The van der Waals surface area contributed by atoms with Crippen LogP contribution in [0.3, 0.4) is 0 Å². The molecule has 3 unspecified atom stereocenters. The van der Waals surface area contributed by atoms with Crippen molar-refractivity contribution in [2.75, 3.05) is 40.3 Å². The zero-order chi connectivity index (χ0) is 14.8. The van der Waals surface area contributed by atoms with E-state index in [1.54, 1.807) is 0 Å². The second kappa shape index (κ2) is 6.33. The second-order valence-electron chi connectivity index (χ2n) is 7.88. The van der Waals surface area contributed by atoms with Crippen LogP contribution in [0.5, 0.6) is 0 Å². The Morgan fingerprint density at radius 2 is 1.95 bits per heavy atom. The predicted octanol–water partition coefficient (Wildman–Crippen LogP) is 2.76. The number of hydrogen-bond donors (Lipinski definition) is 1. The lowest BCUT2D eigenvalue weighted by Gasteiger charge is -2.39. The first-order chi connectivity index (χ1) is 9.38. The number of nitrogens with zero attached hydrogens (tertiary/aromatic N) is 1. The Bertz CT molecular complexity index is 316. The molecule has 118 valence electrons. The lowest BCUT2D eigenvalue weighted by Crippen LogP contribution is -2.38. The maximum atomic E-state index is 6.23. The van der Waals surface area contributed by atoms with Gasteiger partial charge in [0, 0.05) is 6.54 Å². The van der Waals surface area contributed by atoms with Crippen molar-refractivity contribution in [1.29, 1.82) is 0 Å². The zero-order valence-corrected chi connectivity index (χ0v) is 14.2. The Labute approximate surface area is 125 Å². The van der Waals surface area contributed by atoms with Gasteiger partial charge in [-0.15, -0.1) is 0 Å². The van der Waals surface area contributed by atoms with E-state index in [1.165, 1.54) is 25.7 Å². The Balaban J connectivity index is 1.62. The SMILES string of the molecule is CN(C)CCCNCCOC1CC2CCC1(C)C2(C)C. The first-order valence-electron chi connectivity index (χ1n) is 8.35. The van der Waals surface area contributed by atoms with Crippen molar-refractivity contribution in [3.8, 4) is 0 Å². The standard InChI is InChI=1S/C17H34N2O/c1-16(2)14-7-8-17(16,3)15(13-14)20-12-10-18-9-6-11-19(4)5/h14-15,18H,6-13H2,1-5H3. The molecule has 0 spiro atoms. The van der Waals surface area contributed by atoms with Crippen molar-refractivity contribution in [2.45, 2.75) is 52.6 Å². The molecular formula is C17H34N2O. The summed E-state index contributed by atoms with van der Waals surface area (Å²) in [6, 6.07) is 0. The monoisotopic (exact) mass is 282 g/mol. The quantitative estimate of drug-likeness (QED) is 0.693. The summed E-state index contributed by atoms with van der Waals surface area (Å²) >= 11 is 0. The van der Waals surface area contributed by atoms with Crippen molar-refractivity contribution in [3.63, 3.8) is 0 Å². The molecule has 0 saturated heterocycles. The molecule has 3 heteroatoms. The van der Waals surface area contributed by atoms with Gasteiger partial charge in [0.05, 0.1) is 12.7 Å². The molecule has 2 bridgehead atoms. The van der Waals surface area contributed by atoms with Gasteiger partial charge < -0.3 is 15.0 Å². The minimum Gasteiger partial charge on any atom is -0.376 e. The highest BCUT2D eigenvalue weighted by Gasteiger charge is 2.61. The van der Waals surface area contributed by atoms with Crippen LogP contribution >= 0.6 is 0 Å². The van der Waals surface area contributed by atoms with E-state index in [0.717, 1.165) is 32.2 Å². The van der Waals surface area contributed by atoms with Gasteiger partial charge in [0.2, 0.25) is 0 Å². The average Bonchev–Trinajstić information content (AvgIpc) is 2.70. The van der Waals surface area contributed by atoms with E-state index in [4.69, 9.17) is 4.74 Å². The zero-order valence-electron chi connectivity index (χ0n) is 14.2. The molecule has 2 aliphatic rings. The molecule has 2 fully saturated rings. The van der Waals surface area contributed by atoms with Crippen molar-refractivity contribution in [1.82, 2.24) is 10.2 Å². The summed E-state index contributed by atoms with van der Waals surface area (Å²) in [6.07, 6.45) is 5.74. The third kappa shape index (κ3) is 3.05. The smallest absolute Gasteiger partial charge is 0.0637 e. The van der Waals surface area contributed by atoms with Crippen molar-refractivity contribution >= 4 is 0 Å². The number of hydrogen-bond acceptors (Lipinski definition) is 3. The summed E-state index contributed by atoms with van der Waals surface area (Å²) < 4.78 is 6.23. The van der Waals surface area contributed by atoms with Crippen LogP contribution in [0.1, 0.15) is 46.5 Å². The topological polar surface area (TPSA) is 24.5 Å². The normalized spacial score (nSPS) is 35.1. The summed E-state index contributed by atoms with van der Waals surface area (Å²) in [6.45, 7) is 11.5. The highest BCUT2D eigenvalue weighted by atomic mass is 16.5. The van der Waals surface area contributed by atoms with Crippen LogP contribution in [0.2, 0.25) is 0 Å². The fourth-order valence-corrected chi connectivity index (χ4v) is 4.30.